The predicted octanol–water partition coefficient (Wildman–Crippen LogP) is 4.12. The first-order chi connectivity index (χ1) is 10.9. The van der Waals surface area contributed by atoms with Gasteiger partial charge >= 0.3 is 0 Å². The van der Waals surface area contributed by atoms with Crippen LogP contribution in [-0.4, -0.2) is 18.4 Å². The third kappa shape index (κ3) is 4.68. The first kappa shape index (κ1) is 17.2. The Balaban J connectivity index is 2.12. The Morgan fingerprint density at radius 3 is 2.35 bits per heavy atom. The second-order valence-corrected chi connectivity index (χ2v) is 5.60. The van der Waals surface area contributed by atoms with Gasteiger partial charge in [-0.15, -0.1) is 0 Å². The van der Waals surface area contributed by atoms with E-state index in [9.17, 15) is 14.0 Å². The molecule has 120 valence electrons. The number of halogens is 3. The molecule has 0 bridgehead atoms. The van der Waals surface area contributed by atoms with Gasteiger partial charge in [0.25, 0.3) is 0 Å². The minimum Gasteiger partial charge on any atom is -0.325 e. The van der Waals surface area contributed by atoms with Gasteiger partial charge in [-0.05, 0) is 42.5 Å². The summed E-state index contributed by atoms with van der Waals surface area (Å²) in [5.41, 5.74) is 0.898. The highest BCUT2D eigenvalue weighted by Crippen LogP contribution is 2.23. The molecule has 2 aromatic rings. The van der Waals surface area contributed by atoms with Crippen LogP contribution < -0.4 is 10.2 Å². The van der Waals surface area contributed by atoms with Crippen molar-refractivity contribution < 1.29 is 14.0 Å². The second kappa shape index (κ2) is 7.44. The van der Waals surface area contributed by atoms with Gasteiger partial charge in [-0.2, -0.15) is 0 Å². The number of hydrogen-bond acceptors (Lipinski definition) is 2. The average molecular weight is 355 g/mol. The van der Waals surface area contributed by atoms with Gasteiger partial charge in [-0.1, -0.05) is 23.2 Å². The van der Waals surface area contributed by atoms with Crippen LogP contribution in [0.15, 0.2) is 42.5 Å². The molecule has 0 heterocycles. The molecule has 0 atom stereocenters. The van der Waals surface area contributed by atoms with Crippen molar-refractivity contribution in [3.63, 3.8) is 0 Å². The van der Waals surface area contributed by atoms with Gasteiger partial charge in [0.15, 0.2) is 0 Å². The number of nitrogens with one attached hydrogen (secondary N) is 1. The lowest BCUT2D eigenvalue weighted by molar-refractivity contribution is -0.120. The first-order valence-corrected chi connectivity index (χ1v) is 7.41. The molecule has 0 radical (unpaired) electrons. The number of benzene rings is 2. The summed E-state index contributed by atoms with van der Waals surface area (Å²) < 4.78 is 13.2. The van der Waals surface area contributed by atoms with Crippen LogP contribution in [0.2, 0.25) is 10.0 Å². The van der Waals surface area contributed by atoms with Gasteiger partial charge < -0.3 is 10.2 Å². The number of carbonyl (C=O) groups excluding carboxylic acids is 2. The molecular weight excluding hydrogens is 342 g/mol. The number of carbonyl (C=O) groups is 2. The molecule has 1 N–H and O–H groups in total. The molecule has 0 aliphatic rings. The smallest absolute Gasteiger partial charge is 0.244 e. The van der Waals surface area contributed by atoms with Gasteiger partial charge in [0.2, 0.25) is 11.8 Å². The van der Waals surface area contributed by atoms with Crippen molar-refractivity contribution >= 4 is 46.4 Å². The molecule has 0 saturated carbocycles. The van der Waals surface area contributed by atoms with Crippen molar-refractivity contribution in [2.45, 2.75) is 6.92 Å². The van der Waals surface area contributed by atoms with E-state index in [1.165, 1.54) is 24.0 Å². The van der Waals surface area contributed by atoms with Crippen LogP contribution in [0.1, 0.15) is 6.92 Å². The van der Waals surface area contributed by atoms with Crippen molar-refractivity contribution in [1.29, 1.82) is 0 Å². The second-order valence-electron chi connectivity index (χ2n) is 4.76. The minimum atomic E-state index is -0.593. The lowest BCUT2D eigenvalue weighted by atomic mass is 10.2. The van der Waals surface area contributed by atoms with E-state index in [-0.39, 0.29) is 17.5 Å². The van der Waals surface area contributed by atoms with Gasteiger partial charge in [0, 0.05) is 23.3 Å². The fourth-order valence-corrected chi connectivity index (χ4v) is 2.22. The number of anilines is 2. The molecule has 7 heteroatoms. The topological polar surface area (TPSA) is 49.4 Å². The van der Waals surface area contributed by atoms with E-state index in [2.05, 4.69) is 5.32 Å². The Bertz CT molecular complexity index is 735. The molecule has 2 rings (SSSR count). The van der Waals surface area contributed by atoms with Gasteiger partial charge in [-0.25, -0.2) is 4.39 Å². The maximum atomic E-state index is 13.2. The monoisotopic (exact) mass is 354 g/mol. The molecule has 4 nitrogen and oxygen atoms in total. The summed E-state index contributed by atoms with van der Waals surface area (Å²) in [6.45, 7) is 1.09. The summed E-state index contributed by atoms with van der Waals surface area (Å²) >= 11 is 11.5. The van der Waals surface area contributed by atoms with Crippen LogP contribution in [0.25, 0.3) is 0 Å². The molecule has 0 spiro atoms. The highest BCUT2D eigenvalue weighted by molar-refractivity contribution is 6.31. The highest BCUT2D eigenvalue weighted by Gasteiger charge is 2.17. The van der Waals surface area contributed by atoms with Gasteiger partial charge in [-0.3, -0.25) is 9.59 Å². The van der Waals surface area contributed by atoms with Crippen molar-refractivity contribution in [2.75, 3.05) is 16.8 Å². The zero-order valence-electron chi connectivity index (χ0n) is 12.1. The molecule has 0 aromatic heterocycles. The molecule has 2 aromatic carbocycles. The van der Waals surface area contributed by atoms with Crippen LogP contribution in [0.4, 0.5) is 15.8 Å². The fourth-order valence-electron chi connectivity index (χ4n) is 1.91. The minimum absolute atomic E-state index is 0.119. The molecule has 0 fully saturated rings. The van der Waals surface area contributed by atoms with Crippen LogP contribution in [0.3, 0.4) is 0 Å². The van der Waals surface area contributed by atoms with E-state index < -0.39 is 11.7 Å². The summed E-state index contributed by atoms with van der Waals surface area (Å²) in [5.74, 6) is -1.36. The Hall–Kier alpha value is -2.11. The van der Waals surface area contributed by atoms with Crippen LogP contribution in [0.5, 0.6) is 0 Å². The molecular formula is C16H13Cl2FN2O2. The SMILES string of the molecule is CC(=O)N(CC(=O)Nc1ccc(Cl)cc1)c1ccc(F)c(Cl)c1. The van der Waals surface area contributed by atoms with E-state index >= 15 is 0 Å². The Morgan fingerprint density at radius 2 is 1.78 bits per heavy atom. The van der Waals surface area contributed by atoms with Crippen LogP contribution >= 0.6 is 23.2 Å². The van der Waals surface area contributed by atoms with E-state index in [1.54, 1.807) is 24.3 Å². The number of amides is 2. The number of hydrogen-bond donors (Lipinski definition) is 1. The molecule has 2 amide bonds. The summed E-state index contributed by atoms with van der Waals surface area (Å²) in [6, 6.07) is 10.4. The standard InChI is InChI=1S/C16H13Cl2FN2O2/c1-10(22)21(13-6-7-15(19)14(18)8-13)9-16(23)20-12-4-2-11(17)3-5-12/h2-8H,9H2,1H3,(H,20,23). The summed E-state index contributed by atoms with van der Waals surface area (Å²) in [4.78, 5) is 25.1. The summed E-state index contributed by atoms with van der Waals surface area (Å²) in [5, 5.41) is 3.08. The maximum absolute atomic E-state index is 13.2. The predicted molar refractivity (Wildman–Crippen MR) is 89.5 cm³/mol. The zero-order valence-corrected chi connectivity index (χ0v) is 13.7. The van der Waals surface area contributed by atoms with Crippen LogP contribution in [-0.2, 0) is 9.59 Å². The quantitative estimate of drug-likeness (QED) is 0.897. The van der Waals surface area contributed by atoms with E-state index in [0.29, 0.717) is 16.4 Å². The number of nitrogens with zero attached hydrogens (tertiary/aromatic N) is 1. The summed E-state index contributed by atoms with van der Waals surface area (Å²) in [7, 11) is 0. The normalized spacial score (nSPS) is 10.3. The van der Waals surface area contributed by atoms with Crippen LogP contribution in [0, 0.1) is 5.82 Å². The van der Waals surface area contributed by atoms with Gasteiger partial charge in [0.1, 0.15) is 12.4 Å². The van der Waals surface area contributed by atoms with E-state index in [4.69, 9.17) is 23.2 Å². The lowest BCUT2D eigenvalue weighted by Gasteiger charge is -2.21. The Labute approximate surface area is 142 Å². The lowest BCUT2D eigenvalue weighted by Crippen LogP contribution is -2.36. The van der Waals surface area contributed by atoms with Crippen molar-refractivity contribution in [3.8, 4) is 0 Å². The molecule has 0 aliphatic heterocycles. The molecule has 0 saturated heterocycles. The number of rotatable bonds is 4. The largest absolute Gasteiger partial charge is 0.325 e. The molecule has 0 aliphatic carbocycles. The first-order valence-electron chi connectivity index (χ1n) is 6.65. The van der Waals surface area contributed by atoms with Crippen molar-refractivity contribution in [3.05, 3.63) is 58.3 Å². The maximum Gasteiger partial charge on any atom is 0.244 e. The zero-order chi connectivity index (χ0) is 17.0. The Morgan fingerprint density at radius 1 is 1.13 bits per heavy atom. The van der Waals surface area contributed by atoms with Crippen molar-refractivity contribution in [1.82, 2.24) is 0 Å². The highest BCUT2D eigenvalue weighted by atomic mass is 35.5. The third-order valence-corrected chi connectivity index (χ3v) is 3.57. The van der Waals surface area contributed by atoms with E-state index in [1.807, 2.05) is 0 Å². The Kier molecular flexibility index (Phi) is 5.58. The van der Waals surface area contributed by atoms with Gasteiger partial charge in [0.05, 0.1) is 5.02 Å². The average Bonchev–Trinajstić information content (AvgIpc) is 2.50. The summed E-state index contributed by atoms with van der Waals surface area (Å²) in [6.07, 6.45) is 0. The molecule has 0 unspecified atom stereocenters. The van der Waals surface area contributed by atoms with E-state index in [0.717, 1.165) is 6.07 Å². The fraction of sp³-hybridized carbons (Fsp3) is 0.125. The third-order valence-electron chi connectivity index (χ3n) is 3.02. The van der Waals surface area contributed by atoms with Crippen molar-refractivity contribution in [2.24, 2.45) is 0 Å². The molecule has 23 heavy (non-hydrogen) atoms.